The molecule has 0 heterocycles. The van der Waals surface area contributed by atoms with Crippen LogP contribution in [0, 0.1) is 20.8 Å². The van der Waals surface area contributed by atoms with Crippen molar-refractivity contribution in [2.75, 3.05) is 11.9 Å². The first-order valence-corrected chi connectivity index (χ1v) is 8.91. The topological polar surface area (TPSA) is 58.2 Å². The van der Waals surface area contributed by atoms with Crippen molar-refractivity contribution in [3.63, 3.8) is 0 Å². The zero-order valence-electron chi connectivity index (χ0n) is 15.9. The minimum absolute atomic E-state index is 0.0807. The van der Waals surface area contributed by atoms with Crippen molar-refractivity contribution < 1.29 is 9.59 Å². The summed E-state index contributed by atoms with van der Waals surface area (Å²) in [6, 6.07) is 11.2. The van der Waals surface area contributed by atoms with Crippen molar-refractivity contribution in [3.05, 3.63) is 63.7 Å². The van der Waals surface area contributed by atoms with E-state index in [2.05, 4.69) is 10.6 Å². The molecule has 2 aromatic carbocycles. The molecule has 0 aliphatic carbocycles. The molecule has 2 amide bonds. The molecule has 2 rings (SSSR count). The Balaban J connectivity index is 2.00. The van der Waals surface area contributed by atoms with Gasteiger partial charge in [0.1, 0.15) is 0 Å². The van der Waals surface area contributed by atoms with Gasteiger partial charge < -0.3 is 10.6 Å². The number of hydrogen-bond donors (Lipinski definition) is 2. The average Bonchev–Trinajstić information content (AvgIpc) is 2.56. The van der Waals surface area contributed by atoms with Crippen LogP contribution in [-0.2, 0) is 15.0 Å². The highest BCUT2D eigenvalue weighted by Gasteiger charge is 2.29. The quantitative estimate of drug-likeness (QED) is 0.822. The lowest BCUT2D eigenvalue weighted by Crippen LogP contribution is -2.43. The van der Waals surface area contributed by atoms with E-state index in [9.17, 15) is 9.59 Å². The van der Waals surface area contributed by atoms with Gasteiger partial charge in [0.2, 0.25) is 11.8 Å². The summed E-state index contributed by atoms with van der Waals surface area (Å²) in [7, 11) is 0. The standard InChI is InChI=1S/C21H25ClN2O2/c1-13-10-14(2)19(15(3)11-13)24-18(25)12-23-20(26)21(4,5)16-6-8-17(22)9-7-16/h6-11H,12H2,1-5H3,(H,23,26)(H,24,25). The lowest BCUT2D eigenvalue weighted by Gasteiger charge is -2.24. The summed E-state index contributed by atoms with van der Waals surface area (Å²) in [6.45, 7) is 9.48. The molecule has 0 saturated heterocycles. The van der Waals surface area contributed by atoms with Gasteiger partial charge in [-0.3, -0.25) is 9.59 Å². The smallest absolute Gasteiger partial charge is 0.243 e. The van der Waals surface area contributed by atoms with Gasteiger partial charge in [-0.05, 0) is 63.4 Å². The summed E-state index contributed by atoms with van der Waals surface area (Å²) in [5, 5.41) is 6.23. The van der Waals surface area contributed by atoms with Crippen molar-refractivity contribution in [2.24, 2.45) is 0 Å². The third-order valence-corrected chi connectivity index (χ3v) is 4.74. The fourth-order valence-electron chi connectivity index (χ4n) is 2.94. The second-order valence-electron chi connectivity index (χ2n) is 7.14. The van der Waals surface area contributed by atoms with Crippen LogP contribution in [0.2, 0.25) is 5.02 Å². The van der Waals surface area contributed by atoms with E-state index in [4.69, 9.17) is 11.6 Å². The van der Waals surface area contributed by atoms with E-state index in [0.29, 0.717) is 5.02 Å². The third-order valence-electron chi connectivity index (χ3n) is 4.48. The Labute approximate surface area is 159 Å². The van der Waals surface area contributed by atoms with Gasteiger partial charge in [-0.1, -0.05) is 41.4 Å². The number of hydrogen-bond acceptors (Lipinski definition) is 2. The first-order chi connectivity index (χ1) is 12.1. The predicted octanol–water partition coefficient (Wildman–Crippen LogP) is 4.30. The van der Waals surface area contributed by atoms with E-state index < -0.39 is 5.41 Å². The largest absolute Gasteiger partial charge is 0.346 e. The fraction of sp³-hybridized carbons (Fsp3) is 0.333. The van der Waals surface area contributed by atoms with E-state index in [1.54, 1.807) is 12.1 Å². The number of carbonyl (C=O) groups is 2. The highest BCUT2D eigenvalue weighted by atomic mass is 35.5. The Morgan fingerprint density at radius 3 is 2.08 bits per heavy atom. The van der Waals surface area contributed by atoms with Gasteiger partial charge in [-0.2, -0.15) is 0 Å². The summed E-state index contributed by atoms with van der Waals surface area (Å²) in [4.78, 5) is 24.8. The maximum absolute atomic E-state index is 12.6. The van der Waals surface area contributed by atoms with Gasteiger partial charge >= 0.3 is 0 Å². The lowest BCUT2D eigenvalue weighted by molar-refractivity contribution is -0.127. The lowest BCUT2D eigenvalue weighted by atomic mass is 9.84. The molecule has 0 aliphatic rings. The van der Waals surface area contributed by atoms with Crippen LogP contribution in [0.3, 0.4) is 0 Å². The number of benzene rings is 2. The summed E-state index contributed by atoms with van der Waals surface area (Å²) in [6.07, 6.45) is 0. The van der Waals surface area contributed by atoms with Crippen molar-refractivity contribution in [1.29, 1.82) is 0 Å². The number of anilines is 1. The van der Waals surface area contributed by atoms with Gasteiger partial charge in [0.15, 0.2) is 0 Å². The molecular weight excluding hydrogens is 348 g/mol. The summed E-state index contributed by atoms with van der Waals surface area (Å²) < 4.78 is 0. The van der Waals surface area contributed by atoms with Crippen molar-refractivity contribution in [2.45, 2.75) is 40.0 Å². The van der Waals surface area contributed by atoms with Crippen molar-refractivity contribution in [1.82, 2.24) is 5.32 Å². The molecule has 0 saturated carbocycles. The molecule has 0 aromatic heterocycles. The zero-order chi connectivity index (χ0) is 19.5. The Morgan fingerprint density at radius 2 is 1.54 bits per heavy atom. The van der Waals surface area contributed by atoms with E-state index in [1.165, 1.54) is 0 Å². The maximum Gasteiger partial charge on any atom is 0.243 e. The molecular formula is C21H25ClN2O2. The van der Waals surface area contributed by atoms with E-state index >= 15 is 0 Å². The fourth-order valence-corrected chi connectivity index (χ4v) is 3.07. The number of aryl methyl sites for hydroxylation is 3. The van der Waals surface area contributed by atoms with E-state index in [-0.39, 0.29) is 18.4 Å². The molecule has 2 aromatic rings. The number of amides is 2. The molecule has 0 unspecified atom stereocenters. The van der Waals surface area contributed by atoms with Crippen LogP contribution < -0.4 is 10.6 Å². The minimum Gasteiger partial charge on any atom is -0.346 e. The maximum atomic E-state index is 12.6. The second-order valence-corrected chi connectivity index (χ2v) is 7.57. The van der Waals surface area contributed by atoms with Crippen LogP contribution in [0.1, 0.15) is 36.1 Å². The summed E-state index contributed by atoms with van der Waals surface area (Å²) in [5.41, 5.74) is 4.03. The highest BCUT2D eigenvalue weighted by Crippen LogP contribution is 2.25. The molecule has 0 fully saturated rings. The van der Waals surface area contributed by atoms with E-state index in [1.807, 2.05) is 58.9 Å². The van der Waals surface area contributed by atoms with Crippen molar-refractivity contribution >= 4 is 29.1 Å². The molecule has 0 bridgehead atoms. The molecule has 2 N–H and O–H groups in total. The normalized spacial score (nSPS) is 11.2. The van der Waals surface area contributed by atoms with Crippen LogP contribution in [0.4, 0.5) is 5.69 Å². The average molecular weight is 373 g/mol. The van der Waals surface area contributed by atoms with Gasteiger partial charge in [0, 0.05) is 10.7 Å². The molecule has 138 valence electrons. The first-order valence-electron chi connectivity index (χ1n) is 8.53. The Morgan fingerprint density at radius 1 is 1.00 bits per heavy atom. The molecule has 0 spiro atoms. The molecule has 26 heavy (non-hydrogen) atoms. The zero-order valence-corrected chi connectivity index (χ0v) is 16.6. The van der Waals surface area contributed by atoms with Gasteiger partial charge in [0.25, 0.3) is 0 Å². The van der Waals surface area contributed by atoms with E-state index in [0.717, 1.165) is 27.9 Å². The Kier molecular flexibility index (Phi) is 6.09. The highest BCUT2D eigenvalue weighted by molar-refractivity contribution is 6.30. The summed E-state index contributed by atoms with van der Waals surface area (Å²) >= 11 is 5.90. The number of nitrogens with one attached hydrogen (secondary N) is 2. The summed E-state index contributed by atoms with van der Waals surface area (Å²) in [5.74, 6) is -0.465. The Bertz CT molecular complexity index is 803. The van der Waals surface area contributed by atoms with Crippen LogP contribution >= 0.6 is 11.6 Å². The third kappa shape index (κ3) is 4.64. The van der Waals surface area contributed by atoms with Crippen LogP contribution in [0.25, 0.3) is 0 Å². The monoisotopic (exact) mass is 372 g/mol. The molecule has 5 heteroatoms. The number of halogens is 1. The first kappa shape index (κ1) is 20.0. The molecule has 0 aliphatic heterocycles. The molecule has 4 nitrogen and oxygen atoms in total. The number of carbonyl (C=O) groups excluding carboxylic acids is 2. The van der Waals surface area contributed by atoms with Crippen LogP contribution in [0.15, 0.2) is 36.4 Å². The van der Waals surface area contributed by atoms with Crippen LogP contribution in [-0.4, -0.2) is 18.4 Å². The minimum atomic E-state index is -0.763. The van der Waals surface area contributed by atoms with Gasteiger partial charge in [-0.25, -0.2) is 0 Å². The predicted molar refractivity (Wildman–Crippen MR) is 107 cm³/mol. The molecule has 0 atom stereocenters. The SMILES string of the molecule is Cc1cc(C)c(NC(=O)CNC(=O)C(C)(C)c2ccc(Cl)cc2)c(C)c1. The van der Waals surface area contributed by atoms with Gasteiger partial charge in [0.05, 0.1) is 12.0 Å². The van der Waals surface area contributed by atoms with Gasteiger partial charge in [-0.15, -0.1) is 0 Å². The Hall–Kier alpha value is -2.33. The number of rotatable bonds is 5. The van der Waals surface area contributed by atoms with Crippen molar-refractivity contribution in [3.8, 4) is 0 Å². The molecule has 0 radical (unpaired) electrons. The second kappa shape index (κ2) is 7.92. The van der Waals surface area contributed by atoms with Crippen LogP contribution in [0.5, 0.6) is 0 Å².